The minimum Gasteiger partial charge on any atom is -0.493 e. The van der Waals surface area contributed by atoms with Crippen LogP contribution in [0.5, 0.6) is 17.2 Å². The lowest BCUT2D eigenvalue weighted by molar-refractivity contribution is 0.404. The molecule has 0 spiro atoms. The van der Waals surface area contributed by atoms with E-state index in [2.05, 4.69) is 9.97 Å². The monoisotopic (exact) mass is 453 g/mol. The highest BCUT2D eigenvalue weighted by molar-refractivity contribution is 7.71. The SMILES string of the molecule is COc1ccnc2c(=O)n(-c3nc4ccc(Oc5ccc(F)cc5)cc4s3)c(=S)oc12. The van der Waals surface area contributed by atoms with Gasteiger partial charge in [0.1, 0.15) is 17.3 Å². The van der Waals surface area contributed by atoms with Gasteiger partial charge < -0.3 is 13.9 Å². The second-order valence-corrected chi connectivity index (χ2v) is 7.74. The Hall–Kier alpha value is -3.63. The lowest BCUT2D eigenvalue weighted by Crippen LogP contribution is -2.20. The van der Waals surface area contributed by atoms with Gasteiger partial charge in [-0.25, -0.2) is 18.9 Å². The van der Waals surface area contributed by atoms with E-state index in [9.17, 15) is 9.18 Å². The summed E-state index contributed by atoms with van der Waals surface area (Å²) in [5.74, 6) is 1.08. The van der Waals surface area contributed by atoms with Gasteiger partial charge in [-0.2, -0.15) is 0 Å². The van der Waals surface area contributed by atoms with Crippen LogP contribution < -0.4 is 15.0 Å². The maximum absolute atomic E-state index is 13.1. The summed E-state index contributed by atoms with van der Waals surface area (Å²) >= 11 is 6.56. The fraction of sp³-hybridized carbons (Fsp3) is 0.0476. The first-order chi connectivity index (χ1) is 15.0. The largest absolute Gasteiger partial charge is 0.493 e. The van der Waals surface area contributed by atoms with Crippen molar-refractivity contribution < 1.29 is 18.3 Å². The van der Waals surface area contributed by atoms with Crippen LogP contribution in [0.25, 0.3) is 26.4 Å². The normalized spacial score (nSPS) is 11.2. The van der Waals surface area contributed by atoms with E-state index < -0.39 is 5.56 Å². The summed E-state index contributed by atoms with van der Waals surface area (Å²) in [6.07, 6.45) is 1.46. The number of fused-ring (bicyclic) bond motifs is 2. The molecule has 0 N–H and O–H groups in total. The van der Waals surface area contributed by atoms with Gasteiger partial charge in [0.25, 0.3) is 10.4 Å². The summed E-state index contributed by atoms with van der Waals surface area (Å²) < 4.78 is 31.7. The number of hydrogen-bond acceptors (Lipinski definition) is 8. The molecule has 0 fully saturated rings. The van der Waals surface area contributed by atoms with Crippen molar-refractivity contribution in [3.05, 3.63) is 75.7 Å². The maximum atomic E-state index is 13.1. The molecular formula is C21H12FN3O4S2. The quantitative estimate of drug-likeness (QED) is 0.344. The molecule has 0 bridgehead atoms. The second kappa shape index (κ2) is 7.56. The molecule has 2 aromatic carbocycles. The molecule has 0 atom stereocenters. The number of nitrogens with zero attached hydrogens (tertiary/aromatic N) is 3. The molecule has 31 heavy (non-hydrogen) atoms. The third-order valence-corrected chi connectivity index (χ3v) is 5.72. The number of methoxy groups -OCH3 is 1. The molecule has 0 aliphatic carbocycles. The fourth-order valence-corrected chi connectivity index (χ4v) is 4.32. The number of rotatable bonds is 4. The van der Waals surface area contributed by atoms with E-state index in [0.29, 0.717) is 27.9 Å². The fourth-order valence-electron chi connectivity index (χ4n) is 3.02. The average molecular weight is 453 g/mol. The summed E-state index contributed by atoms with van der Waals surface area (Å²) in [5, 5.41) is 0.346. The highest BCUT2D eigenvalue weighted by atomic mass is 32.1. The lowest BCUT2D eigenvalue weighted by Gasteiger charge is -2.05. The topological polar surface area (TPSA) is 79.4 Å². The Morgan fingerprint density at radius 1 is 1.13 bits per heavy atom. The van der Waals surface area contributed by atoms with Crippen molar-refractivity contribution in [2.75, 3.05) is 7.11 Å². The first kappa shape index (κ1) is 19.3. The van der Waals surface area contributed by atoms with E-state index >= 15 is 0 Å². The Kier molecular flexibility index (Phi) is 4.72. The predicted octanol–water partition coefficient (Wildman–Crippen LogP) is 5.26. The third kappa shape index (κ3) is 3.45. The number of halogens is 1. The van der Waals surface area contributed by atoms with Crippen molar-refractivity contribution in [2.45, 2.75) is 0 Å². The molecule has 0 aliphatic heterocycles. The Balaban J connectivity index is 1.59. The smallest absolute Gasteiger partial charge is 0.290 e. The predicted molar refractivity (Wildman–Crippen MR) is 117 cm³/mol. The van der Waals surface area contributed by atoms with Crippen molar-refractivity contribution >= 4 is 44.9 Å². The molecule has 0 aliphatic rings. The molecule has 0 unspecified atom stereocenters. The minimum absolute atomic E-state index is 0.0642. The van der Waals surface area contributed by atoms with Gasteiger partial charge in [0.2, 0.25) is 10.7 Å². The number of hydrogen-bond donors (Lipinski definition) is 0. The highest BCUT2D eigenvalue weighted by Gasteiger charge is 2.17. The molecular weight excluding hydrogens is 441 g/mol. The molecule has 0 saturated carbocycles. The van der Waals surface area contributed by atoms with Gasteiger partial charge in [0.15, 0.2) is 11.3 Å². The second-order valence-electron chi connectivity index (χ2n) is 6.38. The summed E-state index contributed by atoms with van der Waals surface area (Å²) in [4.78, 5) is 21.6. The number of ether oxygens (including phenoxy) is 2. The van der Waals surface area contributed by atoms with E-state index in [4.69, 9.17) is 26.1 Å². The Bertz CT molecular complexity index is 1560. The first-order valence-electron chi connectivity index (χ1n) is 8.97. The molecule has 0 amide bonds. The number of aromatic nitrogens is 3. The van der Waals surface area contributed by atoms with Gasteiger partial charge in [-0.05, 0) is 48.6 Å². The molecule has 154 valence electrons. The van der Waals surface area contributed by atoms with Gasteiger partial charge in [0.05, 0.1) is 17.3 Å². The molecule has 5 aromatic rings. The van der Waals surface area contributed by atoms with E-state index in [0.717, 1.165) is 4.70 Å². The zero-order valence-electron chi connectivity index (χ0n) is 15.9. The zero-order valence-corrected chi connectivity index (χ0v) is 17.5. The van der Waals surface area contributed by atoms with Gasteiger partial charge in [-0.3, -0.25) is 4.79 Å². The number of benzene rings is 2. The van der Waals surface area contributed by atoms with Gasteiger partial charge in [0, 0.05) is 18.3 Å². The zero-order chi connectivity index (χ0) is 21.5. The van der Waals surface area contributed by atoms with Gasteiger partial charge >= 0.3 is 0 Å². The Morgan fingerprint density at radius 2 is 1.90 bits per heavy atom. The highest BCUT2D eigenvalue weighted by Crippen LogP contribution is 2.31. The summed E-state index contributed by atoms with van der Waals surface area (Å²) in [7, 11) is 1.47. The van der Waals surface area contributed by atoms with Crippen molar-refractivity contribution in [3.8, 4) is 22.4 Å². The molecule has 7 nitrogen and oxygen atoms in total. The van der Waals surface area contributed by atoms with Crippen LogP contribution in [0.1, 0.15) is 0 Å². The third-order valence-electron chi connectivity index (χ3n) is 4.46. The van der Waals surface area contributed by atoms with E-state index in [1.165, 1.54) is 41.3 Å². The van der Waals surface area contributed by atoms with Gasteiger partial charge in [-0.1, -0.05) is 11.3 Å². The van der Waals surface area contributed by atoms with Crippen LogP contribution in [0, 0.1) is 10.7 Å². The van der Waals surface area contributed by atoms with E-state index in [1.54, 1.807) is 36.4 Å². The lowest BCUT2D eigenvalue weighted by atomic mass is 10.3. The number of pyridine rings is 1. The standard InChI is InChI=1S/C21H12FN3O4S2/c1-27-15-8-9-23-17-18(15)29-21(30)25(19(17)26)20-24-14-7-6-13(10-16(14)31-20)28-12-4-2-11(22)3-5-12/h2-10H,1H3. The van der Waals surface area contributed by atoms with Crippen LogP contribution in [-0.4, -0.2) is 21.6 Å². The summed E-state index contributed by atoms with van der Waals surface area (Å²) in [6.45, 7) is 0. The number of thiazole rings is 1. The van der Waals surface area contributed by atoms with E-state index in [1.807, 2.05) is 0 Å². The van der Waals surface area contributed by atoms with Crippen LogP contribution in [0.4, 0.5) is 4.39 Å². The molecule has 5 rings (SSSR count). The van der Waals surface area contributed by atoms with Crippen molar-refractivity contribution in [2.24, 2.45) is 0 Å². The van der Waals surface area contributed by atoms with E-state index in [-0.39, 0.29) is 21.8 Å². The summed E-state index contributed by atoms with van der Waals surface area (Å²) in [5.41, 5.74) is 0.485. The molecule has 0 saturated heterocycles. The average Bonchev–Trinajstić information content (AvgIpc) is 3.18. The Morgan fingerprint density at radius 3 is 2.68 bits per heavy atom. The van der Waals surface area contributed by atoms with Crippen molar-refractivity contribution in [3.63, 3.8) is 0 Å². The van der Waals surface area contributed by atoms with Crippen LogP contribution in [0.3, 0.4) is 0 Å². The Labute approximate surface area is 183 Å². The maximum Gasteiger partial charge on any atom is 0.290 e. The minimum atomic E-state index is -0.452. The van der Waals surface area contributed by atoms with Crippen molar-refractivity contribution in [1.29, 1.82) is 0 Å². The van der Waals surface area contributed by atoms with Crippen LogP contribution in [0.15, 0.2) is 63.9 Å². The molecule has 0 radical (unpaired) electrons. The summed E-state index contributed by atoms with van der Waals surface area (Å²) in [6, 6.07) is 12.6. The molecule has 3 heterocycles. The van der Waals surface area contributed by atoms with Crippen LogP contribution in [0.2, 0.25) is 0 Å². The van der Waals surface area contributed by atoms with Crippen LogP contribution >= 0.6 is 23.6 Å². The molecule has 10 heteroatoms. The van der Waals surface area contributed by atoms with Gasteiger partial charge in [-0.15, -0.1) is 0 Å². The van der Waals surface area contributed by atoms with Crippen LogP contribution in [-0.2, 0) is 0 Å². The van der Waals surface area contributed by atoms with Crippen molar-refractivity contribution in [1.82, 2.24) is 14.5 Å². The first-order valence-corrected chi connectivity index (χ1v) is 10.2. The molecule has 3 aromatic heterocycles.